The fourth-order valence-electron chi connectivity index (χ4n) is 1.07. The Morgan fingerprint density at radius 3 is 2.62 bits per heavy atom. The molecule has 78 valence electrons. The van der Waals surface area contributed by atoms with Crippen LogP contribution in [0.5, 0.6) is 0 Å². The molecule has 3 atom stereocenters. The average Bonchev–Trinajstić information content (AvgIpc) is 2.26. The molecule has 1 aliphatic rings. The quantitative estimate of drug-likeness (QED) is 0.488. The smallest absolute Gasteiger partial charge is 0.165 e. The Labute approximate surface area is 74.1 Å². The topological polar surface area (TPSA) is 122 Å². The van der Waals surface area contributed by atoms with E-state index in [2.05, 4.69) is 4.52 Å². The van der Waals surface area contributed by atoms with Crippen LogP contribution in [-0.2, 0) is 13.8 Å². The summed E-state index contributed by atoms with van der Waals surface area (Å²) in [5.74, 6) is 0. The number of aliphatic hydroxyl groups excluding tert-OH is 2. The van der Waals surface area contributed by atoms with E-state index in [9.17, 15) is 14.4 Å². The first kappa shape index (κ1) is 11.1. The van der Waals surface area contributed by atoms with Gasteiger partial charge in [0.2, 0.25) is 0 Å². The van der Waals surface area contributed by atoms with Crippen LogP contribution in [-0.4, -0.2) is 35.3 Å². The zero-order valence-electron chi connectivity index (χ0n) is 6.53. The fourth-order valence-corrected chi connectivity index (χ4v) is 1.49. The van der Waals surface area contributed by atoms with Gasteiger partial charge in [0.25, 0.3) is 0 Å². The summed E-state index contributed by atoms with van der Waals surface area (Å²) in [5.41, 5.74) is 0. The monoisotopic (exact) mass is 212 g/mol. The number of hydrogen-bond donors (Lipinski definition) is 2. The van der Waals surface area contributed by atoms with E-state index in [1.165, 1.54) is 0 Å². The number of rotatable bonds is 3. The molecule has 1 aliphatic heterocycles. The maximum Gasteiger partial charge on any atom is 0.165 e. The zero-order chi connectivity index (χ0) is 10.1. The number of hydrogen-bond acceptors (Lipinski definition) is 7. The third-order valence-electron chi connectivity index (χ3n) is 1.62. The molecule has 0 bridgehead atoms. The van der Waals surface area contributed by atoms with Crippen molar-refractivity contribution in [3.05, 3.63) is 0 Å². The Kier molecular flexibility index (Phi) is 3.42. The van der Waals surface area contributed by atoms with Crippen LogP contribution in [0.2, 0.25) is 0 Å². The standard InChI is InChI=1S/C5H11O7P/c6-2-4-3(7)1-5(11-4)12-13(8,9)10/h3-7H,1-2H2,(H2,8,9,10)/p-2/t3-,4+,5?/m0/s1. The third kappa shape index (κ3) is 3.32. The molecule has 0 aliphatic carbocycles. The van der Waals surface area contributed by atoms with Crippen molar-refractivity contribution in [3.8, 4) is 0 Å². The molecule has 0 radical (unpaired) electrons. The molecule has 7 nitrogen and oxygen atoms in total. The maximum atomic E-state index is 10.1. The summed E-state index contributed by atoms with van der Waals surface area (Å²) in [7, 11) is -5.10. The Balaban J connectivity index is 2.45. The molecule has 1 fully saturated rings. The normalized spacial score (nSPS) is 35.2. The lowest BCUT2D eigenvalue weighted by Crippen LogP contribution is -2.25. The molecule has 8 heteroatoms. The Bertz CT molecular complexity index is 213. The van der Waals surface area contributed by atoms with E-state index in [0.717, 1.165) is 0 Å². The van der Waals surface area contributed by atoms with Crippen LogP contribution in [0.4, 0.5) is 0 Å². The maximum absolute atomic E-state index is 10.1. The minimum atomic E-state index is -5.10. The van der Waals surface area contributed by atoms with Crippen molar-refractivity contribution in [2.24, 2.45) is 0 Å². The van der Waals surface area contributed by atoms with Crippen molar-refractivity contribution in [1.82, 2.24) is 0 Å². The molecular weight excluding hydrogens is 203 g/mol. The largest absolute Gasteiger partial charge is 0.790 e. The van der Waals surface area contributed by atoms with Gasteiger partial charge < -0.3 is 33.8 Å². The first-order valence-electron chi connectivity index (χ1n) is 3.57. The Morgan fingerprint density at radius 2 is 2.23 bits per heavy atom. The first-order chi connectivity index (χ1) is 5.92. The van der Waals surface area contributed by atoms with Crippen LogP contribution in [0.15, 0.2) is 0 Å². The summed E-state index contributed by atoms with van der Waals surface area (Å²) >= 11 is 0. The lowest BCUT2D eigenvalue weighted by molar-refractivity contribution is -0.352. The van der Waals surface area contributed by atoms with E-state index >= 15 is 0 Å². The highest BCUT2D eigenvalue weighted by Gasteiger charge is 2.34. The Hall–Kier alpha value is -0.0100. The highest BCUT2D eigenvalue weighted by Crippen LogP contribution is 2.33. The predicted octanol–water partition coefficient (Wildman–Crippen LogP) is -2.70. The minimum Gasteiger partial charge on any atom is -0.790 e. The highest BCUT2D eigenvalue weighted by atomic mass is 31.2. The summed E-state index contributed by atoms with van der Waals surface area (Å²) in [5, 5.41) is 17.7. The average molecular weight is 212 g/mol. The van der Waals surface area contributed by atoms with Crippen LogP contribution in [0, 0.1) is 0 Å². The lowest BCUT2D eigenvalue weighted by atomic mass is 10.2. The van der Waals surface area contributed by atoms with Crippen LogP contribution < -0.4 is 9.79 Å². The van der Waals surface area contributed by atoms with Crippen LogP contribution >= 0.6 is 7.82 Å². The van der Waals surface area contributed by atoms with Gasteiger partial charge in [-0.3, -0.25) is 0 Å². The zero-order valence-corrected chi connectivity index (χ0v) is 7.42. The molecular formula is C5H9O7P-2. The highest BCUT2D eigenvalue weighted by molar-refractivity contribution is 7.43. The van der Waals surface area contributed by atoms with Gasteiger partial charge in [0.15, 0.2) is 6.29 Å². The molecule has 1 saturated heterocycles. The van der Waals surface area contributed by atoms with E-state index in [1.807, 2.05) is 0 Å². The van der Waals surface area contributed by atoms with Gasteiger partial charge in [-0.1, -0.05) is 0 Å². The van der Waals surface area contributed by atoms with Crippen molar-refractivity contribution >= 4 is 7.82 Å². The second kappa shape index (κ2) is 4.02. The van der Waals surface area contributed by atoms with Crippen molar-refractivity contribution in [2.45, 2.75) is 24.9 Å². The summed E-state index contributed by atoms with van der Waals surface area (Å²) < 4.78 is 18.8. The molecule has 2 N–H and O–H groups in total. The van der Waals surface area contributed by atoms with E-state index in [0.29, 0.717) is 0 Å². The predicted molar refractivity (Wildman–Crippen MR) is 35.1 cm³/mol. The second-order valence-corrected chi connectivity index (χ2v) is 3.75. The molecule has 0 aromatic carbocycles. The minimum absolute atomic E-state index is 0.139. The van der Waals surface area contributed by atoms with Gasteiger partial charge >= 0.3 is 0 Å². The summed E-state index contributed by atoms with van der Waals surface area (Å²) in [4.78, 5) is 20.2. The van der Waals surface area contributed by atoms with Gasteiger partial charge in [-0.25, -0.2) is 0 Å². The second-order valence-electron chi connectivity index (χ2n) is 2.64. The number of phosphoric ester groups is 1. The van der Waals surface area contributed by atoms with Crippen LogP contribution in [0.3, 0.4) is 0 Å². The molecule has 1 rings (SSSR count). The molecule has 0 saturated carbocycles. The van der Waals surface area contributed by atoms with Gasteiger partial charge in [0.1, 0.15) is 6.10 Å². The summed E-state index contributed by atoms with van der Waals surface area (Å²) in [6.45, 7) is -0.455. The molecule has 1 unspecified atom stereocenters. The Morgan fingerprint density at radius 1 is 1.62 bits per heavy atom. The van der Waals surface area contributed by atoms with Gasteiger partial charge in [-0.2, -0.15) is 0 Å². The van der Waals surface area contributed by atoms with Crippen LogP contribution in [0.1, 0.15) is 6.42 Å². The number of ether oxygens (including phenoxy) is 1. The van der Waals surface area contributed by atoms with Crippen molar-refractivity contribution < 1.29 is 33.8 Å². The van der Waals surface area contributed by atoms with Crippen molar-refractivity contribution in [1.29, 1.82) is 0 Å². The van der Waals surface area contributed by atoms with E-state index in [1.54, 1.807) is 0 Å². The molecule has 0 aromatic rings. The molecule has 0 aromatic heterocycles. The van der Waals surface area contributed by atoms with E-state index < -0.39 is 32.9 Å². The molecule has 1 heterocycles. The van der Waals surface area contributed by atoms with Gasteiger partial charge in [0.05, 0.1) is 20.5 Å². The van der Waals surface area contributed by atoms with Gasteiger partial charge in [-0.05, 0) is 0 Å². The third-order valence-corrected chi connectivity index (χ3v) is 2.11. The van der Waals surface area contributed by atoms with Crippen LogP contribution in [0.25, 0.3) is 0 Å². The van der Waals surface area contributed by atoms with E-state index in [4.69, 9.17) is 14.9 Å². The molecule has 0 amide bonds. The number of aliphatic hydroxyl groups is 2. The van der Waals surface area contributed by atoms with Crippen molar-refractivity contribution in [3.63, 3.8) is 0 Å². The van der Waals surface area contributed by atoms with Gasteiger partial charge in [0, 0.05) is 6.42 Å². The first-order valence-corrected chi connectivity index (χ1v) is 5.03. The SMILES string of the molecule is O=P([O-])([O-])OC1C[C@H](O)[C@@H](CO)O1. The van der Waals surface area contributed by atoms with Crippen molar-refractivity contribution in [2.75, 3.05) is 6.61 Å². The fraction of sp³-hybridized carbons (Fsp3) is 1.00. The van der Waals surface area contributed by atoms with E-state index in [-0.39, 0.29) is 6.42 Å². The molecule has 0 spiro atoms. The molecule has 13 heavy (non-hydrogen) atoms. The van der Waals surface area contributed by atoms with Gasteiger partial charge in [-0.15, -0.1) is 0 Å². The number of phosphoric acid groups is 1. The summed E-state index contributed by atoms with van der Waals surface area (Å²) in [6, 6.07) is 0. The summed E-state index contributed by atoms with van der Waals surface area (Å²) in [6.07, 6.45) is -3.33. The lowest BCUT2D eigenvalue weighted by Gasteiger charge is -2.31.